The van der Waals surface area contributed by atoms with E-state index in [1.54, 1.807) is 0 Å². The number of rotatable bonds is 2. The van der Waals surface area contributed by atoms with Gasteiger partial charge in [0.2, 0.25) is 0 Å². The molecule has 2 nitrogen and oxygen atoms in total. The van der Waals surface area contributed by atoms with Crippen molar-refractivity contribution >= 4 is 11.5 Å². The summed E-state index contributed by atoms with van der Waals surface area (Å²) in [6.07, 6.45) is 0. The third-order valence-electron chi connectivity index (χ3n) is 2.38. The van der Waals surface area contributed by atoms with Gasteiger partial charge in [-0.15, -0.1) is 0 Å². The molecular formula is C13H9F2NO. The van der Waals surface area contributed by atoms with Gasteiger partial charge in [0.05, 0.1) is 5.69 Å². The van der Waals surface area contributed by atoms with E-state index in [9.17, 15) is 13.6 Å². The minimum atomic E-state index is -0.660. The Labute approximate surface area is 96.7 Å². The summed E-state index contributed by atoms with van der Waals surface area (Å²) in [6.45, 7) is 0. The molecule has 0 amide bonds. The molecule has 0 aliphatic rings. The van der Waals surface area contributed by atoms with Crippen LogP contribution in [0, 0.1) is 11.6 Å². The molecule has 0 unspecified atom stereocenters. The fraction of sp³-hybridized carbons (Fsp3) is 0. The molecule has 0 atom stereocenters. The van der Waals surface area contributed by atoms with Crippen molar-refractivity contribution in [3.05, 3.63) is 65.2 Å². The molecule has 2 N–H and O–H groups in total. The zero-order valence-electron chi connectivity index (χ0n) is 8.78. The number of benzene rings is 2. The van der Waals surface area contributed by atoms with E-state index in [1.807, 2.05) is 0 Å². The molecule has 0 aliphatic carbocycles. The summed E-state index contributed by atoms with van der Waals surface area (Å²) in [5.74, 6) is -1.68. The summed E-state index contributed by atoms with van der Waals surface area (Å²) in [6, 6.07) is 9.15. The van der Waals surface area contributed by atoms with E-state index in [0.29, 0.717) is 0 Å². The zero-order chi connectivity index (χ0) is 12.4. The molecule has 4 heteroatoms. The monoisotopic (exact) mass is 233 g/mol. The second-order valence-corrected chi connectivity index (χ2v) is 3.54. The van der Waals surface area contributed by atoms with Crippen molar-refractivity contribution < 1.29 is 13.6 Å². The van der Waals surface area contributed by atoms with Crippen LogP contribution in [0.5, 0.6) is 0 Å². The van der Waals surface area contributed by atoms with E-state index >= 15 is 0 Å². The lowest BCUT2D eigenvalue weighted by Crippen LogP contribution is -2.07. The Morgan fingerprint density at radius 2 is 1.76 bits per heavy atom. The standard InChI is InChI=1S/C13H9F2NO/c14-9-4-1-3-8(7-9)13(17)10-5-2-6-11(15)12(10)16/h1-7H,16H2. The number of nitrogens with two attached hydrogens (primary N) is 1. The van der Waals surface area contributed by atoms with Crippen molar-refractivity contribution in [1.29, 1.82) is 0 Å². The molecule has 0 aromatic heterocycles. The average Bonchev–Trinajstić information content (AvgIpc) is 2.32. The first-order valence-corrected chi connectivity index (χ1v) is 4.94. The molecule has 2 aromatic rings. The van der Waals surface area contributed by atoms with E-state index < -0.39 is 17.4 Å². The van der Waals surface area contributed by atoms with E-state index in [2.05, 4.69) is 0 Å². The lowest BCUT2D eigenvalue weighted by Gasteiger charge is -2.05. The fourth-order valence-corrected chi connectivity index (χ4v) is 1.52. The normalized spacial score (nSPS) is 10.2. The van der Waals surface area contributed by atoms with Crippen molar-refractivity contribution in [2.24, 2.45) is 0 Å². The molecule has 0 heterocycles. The van der Waals surface area contributed by atoms with Gasteiger partial charge in [0, 0.05) is 11.1 Å². The van der Waals surface area contributed by atoms with Crippen LogP contribution in [0.25, 0.3) is 0 Å². The lowest BCUT2D eigenvalue weighted by atomic mass is 10.0. The first kappa shape index (κ1) is 11.3. The van der Waals surface area contributed by atoms with Crippen LogP contribution in [0.3, 0.4) is 0 Å². The molecule has 0 bridgehead atoms. The van der Waals surface area contributed by atoms with Crippen molar-refractivity contribution in [3.8, 4) is 0 Å². The highest BCUT2D eigenvalue weighted by Gasteiger charge is 2.14. The predicted molar refractivity (Wildman–Crippen MR) is 60.6 cm³/mol. The van der Waals surface area contributed by atoms with Crippen molar-refractivity contribution in [2.75, 3.05) is 5.73 Å². The zero-order valence-corrected chi connectivity index (χ0v) is 8.78. The molecular weight excluding hydrogens is 224 g/mol. The molecule has 0 radical (unpaired) electrons. The van der Waals surface area contributed by atoms with Crippen LogP contribution in [0.4, 0.5) is 14.5 Å². The SMILES string of the molecule is Nc1c(F)cccc1C(=O)c1cccc(F)c1. The highest BCUT2D eigenvalue weighted by Crippen LogP contribution is 2.19. The van der Waals surface area contributed by atoms with Gasteiger partial charge in [-0.05, 0) is 24.3 Å². The van der Waals surface area contributed by atoms with Crippen LogP contribution in [0.2, 0.25) is 0 Å². The highest BCUT2D eigenvalue weighted by molar-refractivity contribution is 6.12. The molecule has 0 spiro atoms. The minimum Gasteiger partial charge on any atom is -0.396 e. The van der Waals surface area contributed by atoms with Gasteiger partial charge >= 0.3 is 0 Å². The highest BCUT2D eigenvalue weighted by atomic mass is 19.1. The second kappa shape index (κ2) is 4.33. The first-order chi connectivity index (χ1) is 8.09. The first-order valence-electron chi connectivity index (χ1n) is 4.94. The summed E-state index contributed by atoms with van der Waals surface area (Å²) < 4.78 is 26.1. The number of carbonyl (C=O) groups is 1. The Kier molecular flexibility index (Phi) is 2.87. The van der Waals surface area contributed by atoms with Gasteiger partial charge in [-0.1, -0.05) is 18.2 Å². The summed E-state index contributed by atoms with van der Waals surface area (Å²) >= 11 is 0. The summed E-state index contributed by atoms with van der Waals surface area (Å²) in [5.41, 5.74) is 5.43. The van der Waals surface area contributed by atoms with Crippen LogP contribution in [0.1, 0.15) is 15.9 Å². The number of hydrogen-bond acceptors (Lipinski definition) is 2. The van der Waals surface area contributed by atoms with E-state index in [-0.39, 0.29) is 16.8 Å². The average molecular weight is 233 g/mol. The number of nitrogen functional groups attached to an aromatic ring is 1. The summed E-state index contributed by atoms with van der Waals surface area (Å²) in [5, 5.41) is 0. The molecule has 86 valence electrons. The fourth-order valence-electron chi connectivity index (χ4n) is 1.52. The minimum absolute atomic E-state index is 0.0376. The topological polar surface area (TPSA) is 43.1 Å². The van der Waals surface area contributed by atoms with Gasteiger partial charge in [0.15, 0.2) is 5.78 Å². The van der Waals surface area contributed by atoms with Crippen LogP contribution < -0.4 is 5.73 Å². The predicted octanol–water partition coefficient (Wildman–Crippen LogP) is 2.78. The maximum absolute atomic E-state index is 13.2. The lowest BCUT2D eigenvalue weighted by molar-refractivity contribution is 0.103. The smallest absolute Gasteiger partial charge is 0.195 e. The Morgan fingerprint density at radius 3 is 2.47 bits per heavy atom. The van der Waals surface area contributed by atoms with Gasteiger partial charge in [0.1, 0.15) is 11.6 Å². The second-order valence-electron chi connectivity index (χ2n) is 3.54. The molecule has 0 saturated heterocycles. The largest absolute Gasteiger partial charge is 0.396 e. The number of anilines is 1. The number of para-hydroxylation sites is 1. The Balaban J connectivity index is 2.48. The summed E-state index contributed by atoms with van der Waals surface area (Å²) in [7, 11) is 0. The van der Waals surface area contributed by atoms with Gasteiger partial charge in [0.25, 0.3) is 0 Å². The van der Waals surface area contributed by atoms with Crippen LogP contribution in [0.15, 0.2) is 42.5 Å². The Morgan fingerprint density at radius 1 is 1.06 bits per heavy atom. The molecule has 17 heavy (non-hydrogen) atoms. The van der Waals surface area contributed by atoms with Gasteiger partial charge < -0.3 is 5.73 Å². The number of halogens is 2. The van der Waals surface area contributed by atoms with Crippen LogP contribution in [-0.2, 0) is 0 Å². The maximum Gasteiger partial charge on any atom is 0.195 e. The Bertz CT molecular complexity index is 581. The number of hydrogen-bond donors (Lipinski definition) is 1. The number of ketones is 1. The molecule has 0 saturated carbocycles. The maximum atomic E-state index is 13.2. The van der Waals surface area contributed by atoms with Crippen LogP contribution >= 0.6 is 0 Å². The third-order valence-corrected chi connectivity index (χ3v) is 2.38. The Hall–Kier alpha value is -2.23. The summed E-state index contributed by atoms with van der Waals surface area (Å²) in [4.78, 5) is 12.0. The quantitative estimate of drug-likeness (QED) is 0.640. The van der Waals surface area contributed by atoms with Gasteiger partial charge in [-0.3, -0.25) is 4.79 Å². The molecule has 0 aliphatic heterocycles. The molecule has 2 aromatic carbocycles. The van der Waals surface area contributed by atoms with E-state index in [4.69, 9.17) is 5.73 Å². The van der Waals surface area contributed by atoms with E-state index in [0.717, 1.165) is 12.1 Å². The van der Waals surface area contributed by atoms with Gasteiger partial charge in [-0.25, -0.2) is 8.78 Å². The van der Waals surface area contributed by atoms with Gasteiger partial charge in [-0.2, -0.15) is 0 Å². The van der Waals surface area contributed by atoms with Crippen molar-refractivity contribution in [3.63, 3.8) is 0 Å². The molecule has 2 rings (SSSR count). The van der Waals surface area contributed by atoms with Crippen LogP contribution in [-0.4, -0.2) is 5.78 Å². The molecule has 0 fully saturated rings. The van der Waals surface area contributed by atoms with E-state index in [1.165, 1.54) is 30.3 Å². The van der Waals surface area contributed by atoms with Crippen molar-refractivity contribution in [1.82, 2.24) is 0 Å². The third kappa shape index (κ3) is 2.15. The van der Waals surface area contributed by atoms with Crippen molar-refractivity contribution in [2.45, 2.75) is 0 Å². The number of carbonyl (C=O) groups excluding carboxylic acids is 1.